The molecule has 0 saturated heterocycles. The van der Waals surface area contributed by atoms with E-state index >= 15 is 0 Å². The lowest BCUT2D eigenvalue weighted by Crippen LogP contribution is -2.56. The minimum Gasteiger partial charge on any atom is -0.390 e. The number of nitrogens with one attached hydrogen (secondary N) is 4. The molecule has 10 nitrogen and oxygen atoms in total. The van der Waals surface area contributed by atoms with Gasteiger partial charge >= 0.3 is 0 Å². The van der Waals surface area contributed by atoms with Crippen LogP contribution >= 0.6 is 12.4 Å². The Bertz CT molecular complexity index is 1500. The van der Waals surface area contributed by atoms with Crippen LogP contribution in [0, 0.1) is 18.6 Å². The molecule has 3 aromatic rings. The van der Waals surface area contributed by atoms with Gasteiger partial charge in [-0.2, -0.15) is 5.10 Å². The minimum atomic E-state index is -3.77. The van der Waals surface area contributed by atoms with Crippen molar-refractivity contribution in [1.82, 2.24) is 26.1 Å². The number of unbranched alkanes of at least 4 members (excludes halogenated alkanes) is 1. The van der Waals surface area contributed by atoms with E-state index in [1.54, 1.807) is 6.92 Å². The number of sulfone groups is 1. The molecular formula is C31H42ClF2N5O5S. The van der Waals surface area contributed by atoms with E-state index in [1.807, 2.05) is 38.1 Å². The van der Waals surface area contributed by atoms with Crippen molar-refractivity contribution in [3.05, 3.63) is 88.2 Å². The molecule has 14 heteroatoms. The predicted molar refractivity (Wildman–Crippen MR) is 171 cm³/mol. The highest BCUT2D eigenvalue weighted by Crippen LogP contribution is 2.13. The number of rotatable bonds is 17. The summed E-state index contributed by atoms with van der Waals surface area (Å²) in [5, 5.41) is 25.8. The predicted octanol–water partition coefficient (Wildman–Crippen LogP) is 3.17. The number of nitrogens with zero attached hydrogens (tertiary/aromatic N) is 1. The van der Waals surface area contributed by atoms with Crippen molar-refractivity contribution < 1.29 is 31.9 Å². The third-order valence-corrected chi connectivity index (χ3v) is 8.79. The molecule has 2 amide bonds. The van der Waals surface area contributed by atoms with Crippen molar-refractivity contribution in [3.63, 3.8) is 0 Å². The summed E-state index contributed by atoms with van der Waals surface area (Å²) in [6, 6.07) is 9.62. The van der Waals surface area contributed by atoms with E-state index in [0.717, 1.165) is 29.7 Å². The summed E-state index contributed by atoms with van der Waals surface area (Å²) < 4.78 is 53.7. The zero-order valence-corrected chi connectivity index (χ0v) is 27.2. The topological polar surface area (TPSA) is 153 Å². The van der Waals surface area contributed by atoms with Gasteiger partial charge in [0, 0.05) is 24.8 Å². The van der Waals surface area contributed by atoms with Crippen LogP contribution in [0.2, 0.25) is 0 Å². The molecule has 3 atom stereocenters. The fourth-order valence-electron chi connectivity index (χ4n) is 4.67. The molecule has 248 valence electrons. The molecule has 1 heterocycles. The zero-order chi connectivity index (χ0) is 32.3. The summed E-state index contributed by atoms with van der Waals surface area (Å²) in [6.07, 6.45) is 0.435. The molecule has 0 aliphatic carbocycles. The largest absolute Gasteiger partial charge is 0.390 e. The van der Waals surface area contributed by atoms with Crippen LogP contribution in [0.3, 0.4) is 0 Å². The average molecular weight is 670 g/mol. The molecule has 1 aromatic heterocycles. The second-order valence-corrected chi connectivity index (χ2v) is 13.1. The summed E-state index contributed by atoms with van der Waals surface area (Å²) in [5.74, 6) is -4.15. The maximum absolute atomic E-state index is 14.0. The van der Waals surface area contributed by atoms with Crippen LogP contribution < -0.4 is 16.0 Å². The van der Waals surface area contributed by atoms with Gasteiger partial charge in [0.2, 0.25) is 5.91 Å². The first kappa shape index (κ1) is 37.8. The van der Waals surface area contributed by atoms with Gasteiger partial charge in [0.1, 0.15) is 23.4 Å². The molecule has 5 N–H and O–H groups in total. The molecule has 0 bridgehead atoms. The second kappa shape index (κ2) is 17.9. The number of H-pyrrole nitrogens is 1. The van der Waals surface area contributed by atoms with E-state index < -0.39 is 57.2 Å². The number of aliphatic hydroxyl groups excluding tert-OH is 1. The molecule has 0 radical (unpaired) electrons. The Kier molecular flexibility index (Phi) is 15.1. The maximum Gasteiger partial charge on any atom is 0.272 e. The smallest absolute Gasteiger partial charge is 0.272 e. The number of aromatic amines is 1. The fourth-order valence-corrected chi connectivity index (χ4v) is 6.30. The second-order valence-electron chi connectivity index (χ2n) is 10.9. The highest BCUT2D eigenvalue weighted by molar-refractivity contribution is 7.91. The molecule has 45 heavy (non-hydrogen) atoms. The van der Waals surface area contributed by atoms with Crippen molar-refractivity contribution in [1.29, 1.82) is 0 Å². The fraction of sp³-hybridized carbons (Fsp3) is 0.452. The van der Waals surface area contributed by atoms with Crippen molar-refractivity contribution >= 4 is 34.1 Å². The number of benzene rings is 2. The first-order chi connectivity index (χ1) is 20.9. The molecule has 3 rings (SSSR count). The lowest BCUT2D eigenvalue weighted by atomic mass is 10.00. The highest BCUT2D eigenvalue weighted by atomic mass is 35.5. The van der Waals surface area contributed by atoms with Crippen molar-refractivity contribution in [2.75, 3.05) is 18.1 Å². The Balaban J connectivity index is 0.00000705. The summed E-state index contributed by atoms with van der Waals surface area (Å²) >= 11 is 0. The Morgan fingerprint density at radius 3 is 2.31 bits per heavy atom. The normalized spacial score (nSPS) is 13.4. The standard InChI is InChI=1S/C31H41F2N5O5S.ClH/c1-4-6-10-44(42,43)19-28(36-30(40)27-11-20(3)37-38-27)31(41)35-26(15-23-13-24(32)16-25(33)14-23)29(39)18-34-17-22-9-7-8-21(5-2)12-22;/h7-9,11-14,16,26,28-29,34,39H,4-6,10,15,17-19H2,1-3H3,(H,35,41)(H,36,40)(H,37,38);1H/t26-,28+,29+;/m0./s1. The number of aliphatic hydroxyl groups is 1. The monoisotopic (exact) mass is 669 g/mol. The molecule has 0 aliphatic rings. The summed E-state index contributed by atoms with van der Waals surface area (Å²) in [7, 11) is -3.77. The number of halogens is 3. The average Bonchev–Trinajstić information content (AvgIpc) is 3.41. The molecular weight excluding hydrogens is 628 g/mol. The van der Waals surface area contributed by atoms with Crippen LogP contribution in [-0.2, 0) is 34.0 Å². The van der Waals surface area contributed by atoms with Crippen LogP contribution in [0.25, 0.3) is 0 Å². The number of aromatic nitrogens is 2. The summed E-state index contributed by atoms with van der Waals surface area (Å²) in [6.45, 7) is 5.96. The quantitative estimate of drug-likeness (QED) is 0.148. The van der Waals surface area contributed by atoms with Crippen molar-refractivity contribution in [2.45, 2.75) is 71.2 Å². The van der Waals surface area contributed by atoms with Gasteiger partial charge in [0.15, 0.2) is 9.84 Å². The van der Waals surface area contributed by atoms with Gasteiger partial charge in [-0.25, -0.2) is 17.2 Å². The van der Waals surface area contributed by atoms with E-state index in [2.05, 4.69) is 26.1 Å². The Morgan fingerprint density at radius 1 is 1.00 bits per heavy atom. The van der Waals surface area contributed by atoms with E-state index in [0.29, 0.717) is 31.1 Å². The molecule has 0 saturated carbocycles. The van der Waals surface area contributed by atoms with Gasteiger partial charge in [0.25, 0.3) is 5.91 Å². The van der Waals surface area contributed by atoms with Gasteiger partial charge in [-0.05, 0) is 61.1 Å². The minimum absolute atomic E-state index is 0. The zero-order valence-electron chi connectivity index (χ0n) is 25.6. The third-order valence-electron chi connectivity index (χ3n) is 7.04. The number of amides is 2. The van der Waals surface area contributed by atoms with Crippen LogP contribution in [0.5, 0.6) is 0 Å². The van der Waals surface area contributed by atoms with E-state index in [9.17, 15) is 31.9 Å². The number of carbonyl (C=O) groups is 2. The van der Waals surface area contributed by atoms with Crippen LogP contribution in [0.4, 0.5) is 8.78 Å². The SMILES string of the molecule is CCCCS(=O)(=O)C[C@@H](NC(=O)c1cc(C)[nH]n1)C(=O)N[C@@H](Cc1cc(F)cc(F)c1)[C@H](O)CNCc1cccc(CC)c1.Cl. The first-order valence-electron chi connectivity index (χ1n) is 14.6. The third kappa shape index (κ3) is 12.5. The van der Waals surface area contributed by atoms with Gasteiger partial charge in [-0.1, -0.05) is 44.5 Å². The number of hydrogen-bond acceptors (Lipinski definition) is 7. The van der Waals surface area contributed by atoms with Gasteiger partial charge in [-0.15, -0.1) is 12.4 Å². The Hall–Kier alpha value is -3.39. The Labute approximate surface area is 269 Å². The molecule has 2 aromatic carbocycles. The molecule has 0 aliphatic heterocycles. The number of hydrogen-bond donors (Lipinski definition) is 5. The van der Waals surface area contributed by atoms with Gasteiger partial charge in [-0.3, -0.25) is 14.7 Å². The first-order valence-corrected chi connectivity index (χ1v) is 16.5. The maximum atomic E-state index is 14.0. The number of carbonyl (C=O) groups excluding carboxylic acids is 2. The highest BCUT2D eigenvalue weighted by Gasteiger charge is 2.31. The van der Waals surface area contributed by atoms with Gasteiger partial charge in [0.05, 0.1) is 23.7 Å². The lowest BCUT2D eigenvalue weighted by molar-refractivity contribution is -0.124. The summed E-state index contributed by atoms with van der Waals surface area (Å²) in [5.41, 5.74) is 2.86. The van der Waals surface area contributed by atoms with E-state index in [-0.39, 0.29) is 42.4 Å². The lowest BCUT2D eigenvalue weighted by Gasteiger charge is -2.27. The van der Waals surface area contributed by atoms with E-state index in [1.165, 1.54) is 6.07 Å². The van der Waals surface area contributed by atoms with Crippen molar-refractivity contribution in [2.24, 2.45) is 0 Å². The summed E-state index contributed by atoms with van der Waals surface area (Å²) in [4.78, 5) is 26.4. The molecule has 0 fully saturated rings. The van der Waals surface area contributed by atoms with Crippen LogP contribution in [0.15, 0.2) is 48.5 Å². The van der Waals surface area contributed by atoms with Crippen LogP contribution in [0.1, 0.15) is 59.6 Å². The Morgan fingerprint density at radius 2 is 1.69 bits per heavy atom. The number of aryl methyl sites for hydroxylation is 2. The molecule has 0 spiro atoms. The van der Waals surface area contributed by atoms with Crippen molar-refractivity contribution in [3.8, 4) is 0 Å². The van der Waals surface area contributed by atoms with E-state index in [4.69, 9.17) is 0 Å². The molecule has 0 unspecified atom stereocenters. The van der Waals surface area contributed by atoms with Crippen LogP contribution in [-0.4, -0.2) is 71.8 Å². The van der Waals surface area contributed by atoms with Gasteiger partial charge < -0.3 is 21.1 Å².